The average Bonchev–Trinajstić information content (AvgIpc) is 2.97. The van der Waals surface area contributed by atoms with Gasteiger partial charge in [-0.05, 0) is 0 Å². The standard InChI is InChI=1S/C32H30BrO2P/c33-36(27-17-7-2-8-18-27,28-19-9-3-10-20-28,29-21-11-4-12-22-29)32-24-14-13-23-31(32)35-25-30(34)26-15-5-1-6-16-26/h1-12,15-22H,13-14,23-25H2. The van der Waals surface area contributed by atoms with E-state index in [4.69, 9.17) is 4.74 Å². The summed E-state index contributed by atoms with van der Waals surface area (Å²) in [5.74, 6) is 0.957. The molecule has 0 saturated heterocycles. The molecule has 0 aliphatic heterocycles. The second-order valence-electron chi connectivity index (χ2n) is 9.17. The Morgan fingerprint density at radius 3 is 1.53 bits per heavy atom. The van der Waals surface area contributed by atoms with Gasteiger partial charge in [-0.25, -0.2) is 0 Å². The Bertz CT molecular complexity index is 1250. The van der Waals surface area contributed by atoms with E-state index in [9.17, 15) is 4.79 Å². The van der Waals surface area contributed by atoms with Gasteiger partial charge in [0.25, 0.3) is 0 Å². The third kappa shape index (κ3) is 4.25. The van der Waals surface area contributed by atoms with Crippen LogP contribution in [0.3, 0.4) is 0 Å². The fourth-order valence-electron chi connectivity index (χ4n) is 5.36. The first-order chi connectivity index (χ1) is 17.6. The van der Waals surface area contributed by atoms with E-state index in [2.05, 4.69) is 106 Å². The third-order valence-corrected chi connectivity index (χ3v) is 17.4. The van der Waals surface area contributed by atoms with Crippen LogP contribution in [0.5, 0.6) is 0 Å². The van der Waals surface area contributed by atoms with Crippen LogP contribution in [0, 0.1) is 0 Å². The molecule has 0 radical (unpaired) electrons. The number of carbonyl (C=O) groups is 1. The van der Waals surface area contributed by atoms with Crippen molar-refractivity contribution in [2.24, 2.45) is 0 Å². The van der Waals surface area contributed by atoms with Crippen LogP contribution in [-0.2, 0) is 4.74 Å². The van der Waals surface area contributed by atoms with Crippen LogP contribution < -0.4 is 15.9 Å². The zero-order valence-electron chi connectivity index (χ0n) is 20.2. The predicted molar refractivity (Wildman–Crippen MR) is 156 cm³/mol. The van der Waals surface area contributed by atoms with E-state index < -0.39 is 5.31 Å². The van der Waals surface area contributed by atoms with Crippen molar-refractivity contribution in [2.75, 3.05) is 6.61 Å². The van der Waals surface area contributed by atoms with E-state index in [1.54, 1.807) is 0 Å². The quantitative estimate of drug-likeness (QED) is 0.166. The molecule has 1 aliphatic rings. The second kappa shape index (κ2) is 10.5. The van der Waals surface area contributed by atoms with E-state index in [1.807, 2.05) is 30.3 Å². The van der Waals surface area contributed by atoms with E-state index in [0.717, 1.165) is 31.4 Å². The number of Topliss-reactive ketones (excluding diaryl/α,β-unsaturated/α-hetero) is 1. The SMILES string of the molecule is O=C(COC1=C(P(Br)(c2ccccc2)(c2ccccc2)c2ccccc2)CCCC1)c1ccccc1. The van der Waals surface area contributed by atoms with Crippen molar-refractivity contribution in [3.05, 3.63) is 138 Å². The summed E-state index contributed by atoms with van der Waals surface area (Å²) in [6.07, 6.45) is 3.88. The van der Waals surface area contributed by atoms with Crippen molar-refractivity contribution in [3.8, 4) is 0 Å². The Balaban J connectivity index is 1.74. The van der Waals surface area contributed by atoms with E-state index in [0.29, 0.717) is 5.56 Å². The monoisotopic (exact) mass is 556 g/mol. The molecular weight excluding hydrogens is 527 g/mol. The summed E-state index contributed by atoms with van der Waals surface area (Å²) in [5.41, 5.74) is 0.681. The van der Waals surface area contributed by atoms with Gasteiger partial charge in [0.15, 0.2) is 0 Å². The third-order valence-electron chi connectivity index (χ3n) is 7.09. The van der Waals surface area contributed by atoms with Crippen LogP contribution in [0.1, 0.15) is 36.0 Å². The summed E-state index contributed by atoms with van der Waals surface area (Å²) in [6, 6.07) is 41.7. The maximum atomic E-state index is 13.0. The number of carbonyl (C=O) groups excluding carboxylic acids is 1. The molecule has 2 nitrogen and oxygen atoms in total. The van der Waals surface area contributed by atoms with Crippen molar-refractivity contribution >= 4 is 42.5 Å². The van der Waals surface area contributed by atoms with Crippen LogP contribution in [0.15, 0.2) is 132 Å². The van der Waals surface area contributed by atoms with Crippen LogP contribution in [0.2, 0.25) is 0 Å². The topological polar surface area (TPSA) is 26.3 Å². The van der Waals surface area contributed by atoms with Gasteiger partial charge in [-0.15, -0.1) is 0 Å². The number of ketones is 1. The molecule has 0 N–H and O–H groups in total. The molecule has 36 heavy (non-hydrogen) atoms. The normalized spacial score (nSPS) is 15.1. The van der Waals surface area contributed by atoms with Crippen molar-refractivity contribution in [2.45, 2.75) is 25.7 Å². The number of ether oxygens (including phenoxy) is 1. The van der Waals surface area contributed by atoms with Crippen molar-refractivity contribution in [3.63, 3.8) is 0 Å². The number of hydrogen-bond acceptors (Lipinski definition) is 2. The number of benzene rings is 4. The molecule has 0 bridgehead atoms. The predicted octanol–water partition coefficient (Wildman–Crippen LogP) is 7.51. The Hall–Kier alpha value is -3.00. The summed E-state index contributed by atoms with van der Waals surface area (Å²) < 4.78 is 6.48. The zero-order valence-corrected chi connectivity index (χ0v) is 22.7. The molecule has 0 amide bonds. The Labute approximate surface area is 221 Å². The number of allylic oxidation sites excluding steroid dienone is 2. The van der Waals surface area contributed by atoms with E-state index in [1.165, 1.54) is 21.2 Å². The number of rotatable bonds is 8. The maximum absolute atomic E-state index is 13.0. The average molecular weight is 557 g/mol. The van der Waals surface area contributed by atoms with E-state index in [-0.39, 0.29) is 12.4 Å². The molecule has 0 heterocycles. The minimum absolute atomic E-state index is 0.00189. The molecule has 5 rings (SSSR count). The molecule has 182 valence electrons. The Kier molecular flexibility index (Phi) is 7.23. The first-order valence-corrected chi connectivity index (χ1v) is 16.7. The van der Waals surface area contributed by atoms with Crippen LogP contribution in [-0.4, -0.2) is 12.4 Å². The molecule has 0 unspecified atom stereocenters. The van der Waals surface area contributed by atoms with Crippen molar-refractivity contribution in [1.82, 2.24) is 0 Å². The first kappa shape index (κ1) is 24.7. The van der Waals surface area contributed by atoms with Gasteiger partial charge in [-0.3, -0.25) is 0 Å². The Morgan fingerprint density at radius 1 is 0.639 bits per heavy atom. The molecule has 0 aromatic heterocycles. The van der Waals surface area contributed by atoms with E-state index >= 15 is 0 Å². The van der Waals surface area contributed by atoms with Crippen LogP contribution in [0.4, 0.5) is 0 Å². The second-order valence-corrected chi connectivity index (χ2v) is 17.5. The minimum atomic E-state index is -3.31. The van der Waals surface area contributed by atoms with Gasteiger partial charge in [-0.2, -0.15) is 0 Å². The molecule has 0 saturated carbocycles. The summed E-state index contributed by atoms with van der Waals surface area (Å²) in [6.45, 7) is 0.0424. The molecule has 4 aromatic carbocycles. The fraction of sp³-hybridized carbons (Fsp3) is 0.156. The molecule has 0 fully saturated rings. The van der Waals surface area contributed by atoms with Gasteiger partial charge < -0.3 is 0 Å². The summed E-state index contributed by atoms with van der Waals surface area (Å²) in [5, 5.41) is 1.71. The molecular formula is C32H30BrO2P. The van der Waals surface area contributed by atoms with Gasteiger partial charge in [0, 0.05) is 0 Å². The van der Waals surface area contributed by atoms with Gasteiger partial charge in [0.1, 0.15) is 0 Å². The van der Waals surface area contributed by atoms with Gasteiger partial charge in [0.2, 0.25) is 0 Å². The van der Waals surface area contributed by atoms with Gasteiger partial charge >= 0.3 is 222 Å². The molecule has 0 atom stereocenters. The summed E-state index contributed by atoms with van der Waals surface area (Å²) >= 11 is 4.58. The van der Waals surface area contributed by atoms with Crippen molar-refractivity contribution < 1.29 is 9.53 Å². The van der Waals surface area contributed by atoms with Gasteiger partial charge in [-0.1, -0.05) is 0 Å². The molecule has 1 aliphatic carbocycles. The molecule has 0 spiro atoms. The summed E-state index contributed by atoms with van der Waals surface area (Å²) in [7, 11) is 0. The van der Waals surface area contributed by atoms with Crippen LogP contribution in [0.25, 0.3) is 0 Å². The molecule has 4 heteroatoms. The van der Waals surface area contributed by atoms with Gasteiger partial charge in [0.05, 0.1) is 0 Å². The molecule has 4 aromatic rings. The fourth-order valence-corrected chi connectivity index (χ4v) is 13.9. The van der Waals surface area contributed by atoms with Crippen molar-refractivity contribution in [1.29, 1.82) is 0 Å². The first-order valence-electron chi connectivity index (χ1n) is 12.5. The van der Waals surface area contributed by atoms with Crippen LogP contribution >= 0.6 is 20.8 Å². The zero-order chi connectivity index (χ0) is 24.9. The Morgan fingerprint density at radius 2 is 1.06 bits per heavy atom. The number of hydrogen-bond donors (Lipinski definition) is 0. The number of halogens is 1. The summed E-state index contributed by atoms with van der Waals surface area (Å²) in [4.78, 5) is 13.0.